The zero-order valence-corrected chi connectivity index (χ0v) is 9.79. The first-order valence-corrected chi connectivity index (χ1v) is 5.78. The zero-order chi connectivity index (χ0) is 11.5. The molecule has 1 saturated carbocycles. The molecule has 1 N–H and O–H groups in total. The largest absolute Gasteiger partial charge is 0.349 e. The van der Waals surface area contributed by atoms with Crippen LogP contribution in [0.25, 0.3) is 0 Å². The highest BCUT2D eigenvalue weighted by Gasteiger charge is 2.19. The lowest BCUT2D eigenvalue weighted by atomic mass is 10.2. The van der Waals surface area contributed by atoms with Gasteiger partial charge in [0.25, 0.3) is 5.91 Å². The van der Waals surface area contributed by atoms with Crippen LogP contribution in [0.4, 0.5) is 0 Å². The summed E-state index contributed by atoms with van der Waals surface area (Å²) < 4.78 is 0. The molecule has 0 spiro atoms. The Balaban J connectivity index is 2.08. The average Bonchev–Trinajstić information content (AvgIpc) is 2.70. The van der Waals surface area contributed by atoms with Gasteiger partial charge in [-0.05, 0) is 26.7 Å². The molecule has 1 aromatic heterocycles. The zero-order valence-electron chi connectivity index (χ0n) is 9.79. The van der Waals surface area contributed by atoms with Gasteiger partial charge in [0, 0.05) is 12.2 Å². The number of amides is 1. The number of nitrogens with zero attached hydrogens (tertiary/aromatic N) is 2. The third-order valence-electron chi connectivity index (χ3n) is 3.03. The molecule has 0 aromatic carbocycles. The van der Waals surface area contributed by atoms with E-state index in [-0.39, 0.29) is 5.91 Å². The lowest BCUT2D eigenvalue weighted by molar-refractivity contribution is 0.0936. The van der Waals surface area contributed by atoms with Crippen molar-refractivity contribution in [1.82, 2.24) is 15.3 Å². The molecule has 0 atom stereocenters. The Kier molecular flexibility index (Phi) is 3.17. The van der Waals surface area contributed by atoms with Crippen LogP contribution in [0.15, 0.2) is 6.20 Å². The predicted molar refractivity (Wildman–Crippen MR) is 61.2 cm³/mol. The summed E-state index contributed by atoms with van der Waals surface area (Å²) in [5.41, 5.74) is 1.35. The molecule has 1 fully saturated rings. The smallest absolute Gasteiger partial charge is 0.254 e. The van der Waals surface area contributed by atoms with Gasteiger partial charge in [-0.2, -0.15) is 0 Å². The Labute approximate surface area is 95.5 Å². The van der Waals surface area contributed by atoms with Crippen LogP contribution in [0.2, 0.25) is 0 Å². The molecule has 4 heteroatoms. The van der Waals surface area contributed by atoms with Gasteiger partial charge in [0.1, 0.15) is 5.82 Å². The summed E-state index contributed by atoms with van der Waals surface area (Å²) in [6, 6.07) is 0.341. The SMILES string of the molecule is Cc1ncc(C(=O)NC2CCCC2)c(C)n1. The van der Waals surface area contributed by atoms with Gasteiger partial charge in [0.15, 0.2) is 0 Å². The molecular weight excluding hydrogens is 202 g/mol. The van der Waals surface area contributed by atoms with Gasteiger partial charge in [-0.15, -0.1) is 0 Å². The summed E-state index contributed by atoms with van der Waals surface area (Å²) in [7, 11) is 0. The maximum atomic E-state index is 11.9. The fraction of sp³-hybridized carbons (Fsp3) is 0.583. The molecule has 0 unspecified atom stereocenters. The van der Waals surface area contributed by atoms with Crippen LogP contribution in [-0.2, 0) is 0 Å². The topological polar surface area (TPSA) is 54.9 Å². The molecule has 86 valence electrons. The lowest BCUT2D eigenvalue weighted by Gasteiger charge is -2.12. The molecule has 0 aliphatic heterocycles. The van der Waals surface area contributed by atoms with Gasteiger partial charge in [-0.25, -0.2) is 9.97 Å². The second kappa shape index (κ2) is 4.60. The summed E-state index contributed by atoms with van der Waals surface area (Å²) in [4.78, 5) is 20.2. The first-order valence-electron chi connectivity index (χ1n) is 5.78. The fourth-order valence-corrected chi connectivity index (χ4v) is 2.14. The highest BCUT2D eigenvalue weighted by atomic mass is 16.1. The highest BCUT2D eigenvalue weighted by molar-refractivity contribution is 5.95. The first-order chi connectivity index (χ1) is 7.66. The van der Waals surface area contributed by atoms with Crippen molar-refractivity contribution in [3.8, 4) is 0 Å². The van der Waals surface area contributed by atoms with Gasteiger partial charge < -0.3 is 5.32 Å². The first kappa shape index (κ1) is 11.0. The quantitative estimate of drug-likeness (QED) is 0.824. The van der Waals surface area contributed by atoms with E-state index in [1.807, 2.05) is 13.8 Å². The van der Waals surface area contributed by atoms with Crippen LogP contribution in [0.3, 0.4) is 0 Å². The van der Waals surface area contributed by atoms with Gasteiger partial charge in [-0.1, -0.05) is 12.8 Å². The summed E-state index contributed by atoms with van der Waals surface area (Å²) in [5, 5.41) is 3.04. The molecule has 1 amide bonds. The van der Waals surface area contributed by atoms with Crippen molar-refractivity contribution < 1.29 is 4.79 Å². The van der Waals surface area contributed by atoms with E-state index in [1.54, 1.807) is 6.20 Å². The standard InChI is InChI=1S/C12H17N3O/c1-8-11(7-13-9(2)14-8)12(16)15-10-5-3-4-6-10/h7,10H,3-6H2,1-2H3,(H,15,16). The van der Waals surface area contributed by atoms with Crippen LogP contribution in [-0.4, -0.2) is 21.9 Å². The minimum Gasteiger partial charge on any atom is -0.349 e. The van der Waals surface area contributed by atoms with Crippen LogP contribution in [0.5, 0.6) is 0 Å². The van der Waals surface area contributed by atoms with Crippen LogP contribution in [0.1, 0.15) is 47.6 Å². The Morgan fingerprint density at radius 3 is 2.69 bits per heavy atom. The second-order valence-corrected chi connectivity index (χ2v) is 4.37. The molecular formula is C12H17N3O. The molecule has 1 aliphatic carbocycles. The minimum absolute atomic E-state index is 0.0376. The predicted octanol–water partition coefficient (Wildman–Crippen LogP) is 1.77. The van der Waals surface area contributed by atoms with E-state index in [2.05, 4.69) is 15.3 Å². The molecule has 4 nitrogen and oxygen atoms in total. The van der Waals surface area contributed by atoms with Gasteiger partial charge >= 0.3 is 0 Å². The fourth-order valence-electron chi connectivity index (χ4n) is 2.14. The Morgan fingerprint density at radius 2 is 2.06 bits per heavy atom. The number of aromatic nitrogens is 2. The van der Waals surface area contributed by atoms with Crippen molar-refractivity contribution in [3.05, 3.63) is 23.3 Å². The molecule has 1 heterocycles. The molecule has 16 heavy (non-hydrogen) atoms. The molecule has 0 bridgehead atoms. The number of aryl methyl sites for hydroxylation is 2. The van der Waals surface area contributed by atoms with E-state index in [4.69, 9.17) is 0 Å². The molecule has 2 rings (SSSR count). The van der Waals surface area contributed by atoms with Crippen molar-refractivity contribution in [3.63, 3.8) is 0 Å². The number of hydrogen-bond acceptors (Lipinski definition) is 3. The Morgan fingerprint density at radius 1 is 1.38 bits per heavy atom. The number of carbonyl (C=O) groups is 1. The maximum absolute atomic E-state index is 11.9. The van der Waals surface area contributed by atoms with Crippen molar-refractivity contribution in [2.45, 2.75) is 45.6 Å². The molecule has 0 radical (unpaired) electrons. The number of rotatable bonds is 2. The van der Waals surface area contributed by atoms with Crippen LogP contribution < -0.4 is 5.32 Å². The van der Waals surface area contributed by atoms with Crippen molar-refractivity contribution in [1.29, 1.82) is 0 Å². The number of nitrogens with one attached hydrogen (secondary N) is 1. The maximum Gasteiger partial charge on any atom is 0.254 e. The van der Waals surface area contributed by atoms with Crippen molar-refractivity contribution in [2.24, 2.45) is 0 Å². The summed E-state index contributed by atoms with van der Waals surface area (Å²) in [6.07, 6.45) is 6.24. The Hall–Kier alpha value is -1.45. The summed E-state index contributed by atoms with van der Waals surface area (Å²) >= 11 is 0. The monoisotopic (exact) mass is 219 g/mol. The molecule has 1 aromatic rings. The van der Waals surface area contributed by atoms with E-state index in [0.29, 0.717) is 17.4 Å². The third kappa shape index (κ3) is 2.38. The van der Waals surface area contributed by atoms with Crippen LogP contribution >= 0.6 is 0 Å². The van der Waals surface area contributed by atoms with E-state index in [1.165, 1.54) is 12.8 Å². The number of carbonyl (C=O) groups excluding carboxylic acids is 1. The molecule has 1 aliphatic rings. The van der Waals surface area contributed by atoms with E-state index in [9.17, 15) is 4.79 Å². The van der Waals surface area contributed by atoms with Crippen LogP contribution in [0, 0.1) is 13.8 Å². The third-order valence-corrected chi connectivity index (χ3v) is 3.03. The number of hydrogen-bond donors (Lipinski definition) is 1. The second-order valence-electron chi connectivity index (χ2n) is 4.37. The average molecular weight is 219 g/mol. The minimum atomic E-state index is -0.0376. The van der Waals surface area contributed by atoms with Crippen molar-refractivity contribution in [2.75, 3.05) is 0 Å². The van der Waals surface area contributed by atoms with E-state index < -0.39 is 0 Å². The summed E-state index contributed by atoms with van der Waals surface area (Å²) in [5.74, 6) is 0.666. The molecule has 0 saturated heterocycles. The van der Waals surface area contributed by atoms with Crippen molar-refractivity contribution >= 4 is 5.91 Å². The van der Waals surface area contributed by atoms with E-state index >= 15 is 0 Å². The Bertz CT molecular complexity index is 397. The normalized spacial score (nSPS) is 16.4. The van der Waals surface area contributed by atoms with E-state index in [0.717, 1.165) is 18.5 Å². The van der Waals surface area contributed by atoms with Gasteiger partial charge in [0.2, 0.25) is 0 Å². The van der Waals surface area contributed by atoms with Gasteiger partial charge in [-0.3, -0.25) is 4.79 Å². The lowest BCUT2D eigenvalue weighted by Crippen LogP contribution is -2.33. The van der Waals surface area contributed by atoms with Gasteiger partial charge in [0.05, 0.1) is 11.3 Å². The summed E-state index contributed by atoms with van der Waals surface area (Å²) in [6.45, 7) is 3.67. The highest BCUT2D eigenvalue weighted by Crippen LogP contribution is 2.18.